The maximum absolute atomic E-state index is 11.9. The van der Waals surface area contributed by atoms with Gasteiger partial charge < -0.3 is 10.1 Å². The molecule has 0 saturated carbocycles. The third-order valence-corrected chi connectivity index (χ3v) is 3.28. The van der Waals surface area contributed by atoms with Gasteiger partial charge in [0, 0.05) is 10.6 Å². The van der Waals surface area contributed by atoms with Crippen LogP contribution in [0.4, 0.5) is 5.69 Å². The zero-order valence-corrected chi connectivity index (χ0v) is 11.3. The number of thiazole rings is 1. The van der Waals surface area contributed by atoms with E-state index in [0.29, 0.717) is 16.9 Å². The number of methoxy groups -OCH3 is 1. The van der Waals surface area contributed by atoms with Crippen molar-refractivity contribution in [3.05, 3.63) is 45.9 Å². The van der Waals surface area contributed by atoms with Gasteiger partial charge in [-0.3, -0.25) is 4.79 Å². The summed E-state index contributed by atoms with van der Waals surface area (Å²) >= 11 is 1.42. The fraction of sp³-hybridized carbons (Fsp3) is 0.154. The lowest BCUT2D eigenvalue weighted by Gasteiger charge is -2.05. The van der Waals surface area contributed by atoms with Crippen LogP contribution in [-0.4, -0.2) is 24.0 Å². The van der Waals surface area contributed by atoms with Crippen LogP contribution in [0.2, 0.25) is 0 Å². The number of aryl methyl sites for hydroxylation is 1. The number of rotatable bonds is 3. The molecule has 1 heterocycles. The first-order chi connectivity index (χ1) is 9.11. The van der Waals surface area contributed by atoms with E-state index < -0.39 is 5.97 Å². The summed E-state index contributed by atoms with van der Waals surface area (Å²) in [7, 11) is 1.32. The lowest BCUT2D eigenvalue weighted by atomic mass is 10.2. The zero-order valence-electron chi connectivity index (χ0n) is 10.5. The summed E-state index contributed by atoms with van der Waals surface area (Å²) in [4.78, 5) is 28.0. The van der Waals surface area contributed by atoms with Crippen LogP contribution in [0.3, 0.4) is 0 Å². The molecule has 5 nitrogen and oxygen atoms in total. The largest absolute Gasteiger partial charge is 0.465 e. The fourth-order valence-electron chi connectivity index (χ4n) is 1.52. The van der Waals surface area contributed by atoms with E-state index in [4.69, 9.17) is 0 Å². The molecule has 2 aromatic rings. The van der Waals surface area contributed by atoms with E-state index in [1.807, 2.05) is 6.92 Å². The molecule has 19 heavy (non-hydrogen) atoms. The molecular formula is C13H12N2O3S. The topological polar surface area (TPSA) is 68.3 Å². The van der Waals surface area contributed by atoms with Gasteiger partial charge >= 0.3 is 5.97 Å². The standard InChI is InChI=1S/C13H12N2O3S/c1-8-11(14-7-19-8)12(16)15-10-5-3-9(4-6-10)13(17)18-2/h3-7H,1-2H3,(H,15,16). The number of aromatic nitrogens is 1. The predicted octanol–water partition coefficient (Wildman–Crippen LogP) is 2.49. The van der Waals surface area contributed by atoms with E-state index in [1.54, 1.807) is 29.8 Å². The van der Waals surface area contributed by atoms with Crippen molar-refractivity contribution in [3.8, 4) is 0 Å². The average molecular weight is 276 g/mol. The molecule has 0 aliphatic carbocycles. The van der Waals surface area contributed by atoms with E-state index in [9.17, 15) is 9.59 Å². The van der Waals surface area contributed by atoms with Crippen molar-refractivity contribution in [1.29, 1.82) is 0 Å². The van der Waals surface area contributed by atoms with Crippen LogP contribution >= 0.6 is 11.3 Å². The van der Waals surface area contributed by atoms with Gasteiger partial charge in [-0.15, -0.1) is 11.3 Å². The second-order valence-electron chi connectivity index (χ2n) is 3.78. The van der Waals surface area contributed by atoms with E-state index in [1.165, 1.54) is 18.4 Å². The van der Waals surface area contributed by atoms with Gasteiger partial charge in [-0.1, -0.05) is 0 Å². The lowest BCUT2D eigenvalue weighted by Crippen LogP contribution is -2.13. The van der Waals surface area contributed by atoms with Gasteiger partial charge in [-0.05, 0) is 31.2 Å². The first-order valence-electron chi connectivity index (χ1n) is 5.51. The van der Waals surface area contributed by atoms with Crippen molar-refractivity contribution in [2.45, 2.75) is 6.92 Å². The number of nitrogens with zero attached hydrogens (tertiary/aromatic N) is 1. The van der Waals surface area contributed by atoms with Gasteiger partial charge in [0.2, 0.25) is 0 Å². The monoisotopic (exact) mass is 276 g/mol. The highest BCUT2D eigenvalue weighted by Gasteiger charge is 2.12. The minimum atomic E-state index is -0.409. The molecule has 0 aliphatic heterocycles. The minimum absolute atomic E-state index is 0.260. The number of hydrogen-bond acceptors (Lipinski definition) is 5. The van der Waals surface area contributed by atoms with Gasteiger partial charge in [-0.25, -0.2) is 9.78 Å². The summed E-state index contributed by atoms with van der Waals surface area (Å²) in [6.45, 7) is 1.84. The van der Waals surface area contributed by atoms with Crippen LogP contribution in [-0.2, 0) is 4.74 Å². The number of ether oxygens (including phenoxy) is 1. The number of benzene rings is 1. The average Bonchev–Trinajstić information content (AvgIpc) is 2.85. The molecule has 0 spiro atoms. The van der Waals surface area contributed by atoms with Crippen molar-refractivity contribution in [3.63, 3.8) is 0 Å². The fourth-order valence-corrected chi connectivity index (χ4v) is 2.09. The quantitative estimate of drug-likeness (QED) is 0.874. The molecule has 0 aliphatic rings. The van der Waals surface area contributed by atoms with E-state index >= 15 is 0 Å². The molecule has 1 amide bonds. The van der Waals surface area contributed by atoms with Gasteiger partial charge in [-0.2, -0.15) is 0 Å². The highest BCUT2D eigenvalue weighted by atomic mass is 32.1. The van der Waals surface area contributed by atoms with Gasteiger partial charge in [0.1, 0.15) is 5.69 Å². The number of carbonyl (C=O) groups is 2. The number of hydrogen-bond donors (Lipinski definition) is 1. The third kappa shape index (κ3) is 2.97. The maximum Gasteiger partial charge on any atom is 0.337 e. The molecular weight excluding hydrogens is 264 g/mol. The highest BCUT2D eigenvalue weighted by Crippen LogP contribution is 2.15. The molecule has 0 saturated heterocycles. The minimum Gasteiger partial charge on any atom is -0.465 e. The van der Waals surface area contributed by atoms with Crippen LogP contribution in [0.1, 0.15) is 25.7 Å². The van der Waals surface area contributed by atoms with Crippen molar-refractivity contribution in [2.24, 2.45) is 0 Å². The second kappa shape index (κ2) is 5.62. The first kappa shape index (κ1) is 13.2. The Morgan fingerprint density at radius 1 is 1.26 bits per heavy atom. The molecule has 0 radical (unpaired) electrons. The Labute approximate surface area is 114 Å². The van der Waals surface area contributed by atoms with E-state index in [-0.39, 0.29) is 5.91 Å². The number of carbonyl (C=O) groups excluding carboxylic acids is 2. The third-order valence-electron chi connectivity index (χ3n) is 2.52. The summed E-state index contributed by atoms with van der Waals surface area (Å²) in [5, 5.41) is 2.72. The summed E-state index contributed by atoms with van der Waals surface area (Å²) in [6, 6.07) is 6.47. The zero-order chi connectivity index (χ0) is 13.8. The number of nitrogens with one attached hydrogen (secondary N) is 1. The molecule has 1 aromatic carbocycles. The Hall–Kier alpha value is -2.21. The number of anilines is 1. The Kier molecular flexibility index (Phi) is 3.91. The summed E-state index contributed by atoms with van der Waals surface area (Å²) in [6.07, 6.45) is 0. The Balaban J connectivity index is 2.10. The van der Waals surface area contributed by atoms with Gasteiger partial charge in [0.25, 0.3) is 5.91 Å². The van der Waals surface area contributed by atoms with Crippen LogP contribution in [0.25, 0.3) is 0 Å². The molecule has 2 rings (SSSR count). The van der Waals surface area contributed by atoms with Gasteiger partial charge in [0.05, 0.1) is 18.2 Å². The van der Waals surface area contributed by atoms with Crippen molar-refractivity contribution in [1.82, 2.24) is 4.98 Å². The normalized spacial score (nSPS) is 10.0. The molecule has 0 atom stereocenters. The molecule has 0 unspecified atom stereocenters. The first-order valence-corrected chi connectivity index (χ1v) is 6.39. The van der Waals surface area contributed by atoms with Crippen LogP contribution in [0.15, 0.2) is 29.8 Å². The second-order valence-corrected chi connectivity index (χ2v) is 4.84. The highest BCUT2D eigenvalue weighted by molar-refractivity contribution is 7.09. The summed E-state index contributed by atoms with van der Waals surface area (Å²) in [5.74, 6) is -0.669. The van der Waals surface area contributed by atoms with Crippen LogP contribution in [0.5, 0.6) is 0 Å². The van der Waals surface area contributed by atoms with E-state index in [2.05, 4.69) is 15.0 Å². The summed E-state index contributed by atoms with van der Waals surface area (Å²) < 4.78 is 4.60. The Morgan fingerprint density at radius 3 is 2.47 bits per heavy atom. The molecule has 6 heteroatoms. The summed E-state index contributed by atoms with van der Waals surface area (Å²) in [5.41, 5.74) is 3.09. The Bertz CT molecular complexity index is 605. The number of amides is 1. The number of esters is 1. The smallest absolute Gasteiger partial charge is 0.337 e. The SMILES string of the molecule is COC(=O)c1ccc(NC(=O)c2ncsc2C)cc1. The van der Waals surface area contributed by atoms with Crippen LogP contribution in [0, 0.1) is 6.92 Å². The van der Waals surface area contributed by atoms with Crippen LogP contribution < -0.4 is 5.32 Å². The van der Waals surface area contributed by atoms with Crippen molar-refractivity contribution >= 4 is 28.9 Å². The lowest BCUT2D eigenvalue weighted by molar-refractivity contribution is 0.0600. The molecule has 0 bridgehead atoms. The molecule has 1 aromatic heterocycles. The van der Waals surface area contributed by atoms with Crippen molar-refractivity contribution in [2.75, 3.05) is 12.4 Å². The van der Waals surface area contributed by atoms with Gasteiger partial charge in [0.15, 0.2) is 0 Å². The predicted molar refractivity (Wildman–Crippen MR) is 72.6 cm³/mol. The van der Waals surface area contributed by atoms with Crippen molar-refractivity contribution < 1.29 is 14.3 Å². The molecule has 1 N–H and O–H groups in total. The van der Waals surface area contributed by atoms with E-state index in [0.717, 1.165) is 4.88 Å². The molecule has 0 fully saturated rings. The Morgan fingerprint density at radius 2 is 1.95 bits per heavy atom. The maximum atomic E-state index is 11.9. The molecule has 98 valence electrons.